The number of nitrogens with zero attached hydrogens (tertiary/aromatic N) is 1. The number of likely N-dealkylation sites (N-methyl/N-ethyl adjacent to an activating group) is 1. The summed E-state index contributed by atoms with van der Waals surface area (Å²) in [5.74, 6) is -2.86. The second-order valence-electron chi connectivity index (χ2n) is 17.4. The molecule has 0 saturated heterocycles. The van der Waals surface area contributed by atoms with Gasteiger partial charge in [-0.2, -0.15) is 5.48 Å². The molecule has 0 fully saturated rings. The fourth-order valence-corrected chi connectivity index (χ4v) is 8.17. The van der Waals surface area contributed by atoms with Crippen LogP contribution in [0.3, 0.4) is 0 Å². The lowest BCUT2D eigenvalue weighted by atomic mass is 9.91. The van der Waals surface area contributed by atoms with Crippen molar-refractivity contribution in [1.29, 1.82) is 0 Å². The van der Waals surface area contributed by atoms with Gasteiger partial charge in [0.25, 0.3) is 11.8 Å². The van der Waals surface area contributed by atoms with Gasteiger partial charge in [0.05, 0.1) is 0 Å². The van der Waals surface area contributed by atoms with Crippen molar-refractivity contribution in [2.24, 2.45) is 22.9 Å². The molecule has 3 aromatic carbocycles. The van der Waals surface area contributed by atoms with Crippen LogP contribution in [0.5, 0.6) is 11.5 Å². The molecule has 5 atom stereocenters. The molecule has 1 aliphatic rings. The molecule has 1 heterocycles. The van der Waals surface area contributed by atoms with E-state index in [4.69, 9.17) is 32.4 Å². The first-order chi connectivity index (χ1) is 33.0. The van der Waals surface area contributed by atoms with E-state index < -0.39 is 65.3 Å². The largest absolute Gasteiger partial charge is 0.492 e. The first-order valence-electron chi connectivity index (χ1n) is 23.4. The van der Waals surface area contributed by atoms with E-state index in [0.29, 0.717) is 45.6 Å². The Bertz CT molecular complexity index is 2280. The van der Waals surface area contributed by atoms with E-state index in [9.17, 15) is 33.6 Å². The van der Waals surface area contributed by atoms with Crippen molar-refractivity contribution in [3.8, 4) is 22.6 Å². The molecular weight excluding hydrogens is 889 g/mol. The predicted octanol–water partition coefficient (Wildman–Crippen LogP) is 1.72. The molecule has 20 nitrogen and oxygen atoms in total. The van der Waals surface area contributed by atoms with Gasteiger partial charge >= 0.3 is 6.09 Å². The highest BCUT2D eigenvalue weighted by Gasteiger charge is 2.38. The van der Waals surface area contributed by atoms with Gasteiger partial charge in [0.2, 0.25) is 17.7 Å². The van der Waals surface area contributed by atoms with Crippen molar-refractivity contribution in [3.05, 3.63) is 82.4 Å². The summed E-state index contributed by atoms with van der Waals surface area (Å²) in [6.07, 6.45) is 5.84. The molecule has 0 spiro atoms. The number of nitrogens with two attached hydrogens (primary N) is 4. The molecule has 0 aliphatic carbocycles. The van der Waals surface area contributed by atoms with Gasteiger partial charge in [0.15, 0.2) is 0 Å². The maximum atomic E-state index is 14.8. The summed E-state index contributed by atoms with van der Waals surface area (Å²) in [5, 5.41) is 10.9. The van der Waals surface area contributed by atoms with Crippen LogP contribution >= 0.6 is 0 Å². The van der Waals surface area contributed by atoms with Crippen LogP contribution in [-0.2, 0) is 41.7 Å². The van der Waals surface area contributed by atoms with Crippen LogP contribution in [0.1, 0.15) is 97.9 Å². The lowest BCUT2D eigenvalue weighted by Gasteiger charge is -2.37. The van der Waals surface area contributed by atoms with E-state index in [1.54, 1.807) is 54.4 Å². The van der Waals surface area contributed by atoms with Crippen molar-refractivity contribution >= 4 is 41.9 Å². The summed E-state index contributed by atoms with van der Waals surface area (Å²) < 4.78 is 12.3. The first kappa shape index (κ1) is 55.0. The zero-order chi connectivity index (χ0) is 50.7. The minimum Gasteiger partial charge on any atom is -0.492 e. The maximum absolute atomic E-state index is 14.8. The summed E-state index contributed by atoms with van der Waals surface area (Å²) in [6, 6.07) is 10.8. The number of benzene rings is 3. The topological polar surface area (TPSA) is 315 Å². The van der Waals surface area contributed by atoms with Gasteiger partial charge in [-0.3, -0.25) is 28.9 Å². The number of fused-ring (bicyclic) bond motifs is 5. The molecule has 0 aromatic heterocycles. The van der Waals surface area contributed by atoms with Crippen LogP contribution in [0.15, 0.2) is 54.6 Å². The van der Waals surface area contributed by atoms with Crippen LogP contribution in [-0.4, -0.2) is 117 Å². The second-order valence-corrected chi connectivity index (χ2v) is 17.4. The number of amides is 6. The molecule has 0 saturated carbocycles. The SMILES string of the molecule is CCCCCCCc1ccc(C(=O)NC(C=O)(CCN)CN(C)[C@@H]2C(=O)N[C@@H](C)C(=O)N[C@H](C(=O)N[C@@H](C)C(=O)NOC(N)=O)Cc3ccc(OCCN)c(c3)-c3cc2ccc3OCCN)c(C)c1. The minimum atomic E-state index is -1.58. The zero-order valence-corrected chi connectivity index (χ0v) is 40.3. The van der Waals surface area contributed by atoms with E-state index in [-0.39, 0.29) is 52.2 Å². The predicted molar refractivity (Wildman–Crippen MR) is 260 cm³/mol. The lowest BCUT2D eigenvalue weighted by molar-refractivity contribution is -0.136. The van der Waals surface area contributed by atoms with Gasteiger partial charge in [-0.05, 0) is 106 Å². The number of hydrogen-bond acceptors (Lipinski definition) is 14. The third-order valence-corrected chi connectivity index (χ3v) is 11.7. The number of carbonyl (C=O) groups excluding carboxylic acids is 7. The first-order valence-corrected chi connectivity index (χ1v) is 23.4. The van der Waals surface area contributed by atoms with E-state index in [1.165, 1.54) is 26.7 Å². The molecule has 0 radical (unpaired) electrons. The number of nitrogens with one attached hydrogen (secondary N) is 5. The number of hydrogen-bond donors (Lipinski definition) is 9. The average Bonchev–Trinajstić information content (AvgIpc) is 3.31. The van der Waals surface area contributed by atoms with Crippen LogP contribution in [0.25, 0.3) is 11.1 Å². The van der Waals surface area contributed by atoms with Crippen molar-refractivity contribution in [1.82, 2.24) is 31.6 Å². The Labute approximate surface area is 403 Å². The smallest absolute Gasteiger partial charge is 0.428 e. The highest BCUT2D eigenvalue weighted by atomic mass is 16.7. The van der Waals surface area contributed by atoms with Crippen LogP contribution in [0, 0.1) is 6.92 Å². The van der Waals surface area contributed by atoms with E-state index in [1.807, 2.05) is 24.5 Å². The summed E-state index contributed by atoms with van der Waals surface area (Å²) in [6.45, 7) is 7.19. The van der Waals surface area contributed by atoms with Crippen molar-refractivity contribution in [3.63, 3.8) is 0 Å². The van der Waals surface area contributed by atoms with Gasteiger partial charge in [0, 0.05) is 42.7 Å². The third kappa shape index (κ3) is 15.7. The molecule has 69 heavy (non-hydrogen) atoms. The Morgan fingerprint density at radius 3 is 2.17 bits per heavy atom. The van der Waals surface area contributed by atoms with Gasteiger partial charge < -0.3 is 63.3 Å². The Kier molecular flexibility index (Phi) is 21.4. The number of carbonyl (C=O) groups is 7. The average molecular weight is 959 g/mol. The molecule has 6 amide bonds. The lowest BCUT2D eigenvalue weighted by Crippen LogP contribution is -2.59. The molecule has 1 unspecified atom stereocenters. The molecule has 13 N–H and O–H groups in total. The van der Waals surface area contributed by atoms with Crippen molar-refractivity contribution in [2.45, 2.75) is 109 Å². The minimum absolute atomic E-state index is 0.00940. The number of ether oxygens (including phenoxy) is 2. The van der Waals surface area contributed by atoms with Gasteiger partial charge in [-0.1, -0.05) is 56.9 Å². The molecular formula is C49H70N10O10. The third-order valence-electron chi connectivity index (χ3n) is 11.7. The summed E-state index contributed by atoms with van der Waals surface area (Å²) in [7, 11) is 1.61. The fourth-order valence-electron chi connectivity index (χ4n) is 8.17. The molecule has 1 aliphatic heterocycles. The molecule has 3 aromatic rings. The number of hydroxylamine groups is 1. The molecule has 4 rings (SSSR count). The Balaban J connectivity index is 1.80. The summed E-state index contributed by atoms with van der Waals surface area (Å²) in [4.78, 5) is 99.6. The number of aldehydes is 1. The summed E-state index contributed by atoms with van der Waals surface area (Å²) >= 11 is 0. The zero-order valence-electron chi connectivity index (χ0n) is 40.3. The van der Waals surface area contributed by atoms with Crippen LogP contribution < -0.4 is 59.2 Å². The Morgan fingerprint density at radius 2 is 1.55 bits per heavy atom. The number of aryl methyl sites for hydroxylation is 2. The van der Waals surface area contributed by atoms with E-state index in [0.717, 1.165) is 36.8 Å². The molecule has 376 valence electrons. The fraction of sp³-hybridized carbons (Fsp3) is 0.490. The van der Waals surface area contributed by atoms with Gasteiger partial charge in [-0.25, -0.2) is 4.79 Å². The van der Waals surface area contributed by atoms with Gasteiger partial charge in [0.1, 0.15) is 60.7 Å². The monoisotopic (exact) mass is 959 g/mol. The van der Waals surface area contributed by atoms with Crippen LogP contribution in [0.4, 0.5) is 4.79 Å². The molecule has 20 heteroatoms. The highest BCUT2D eigenvalue weighted by molar-refractivity contribution is 5.98. The summed E-state index contributed by atoms with van der Waals surface area (Å²) in [5.41, 5.74) is 27.2. The van der Waals surface area contributed by atoms with Crippen LogP contribution in [0.2, 0.25) is 0 Å². The van der Waals surface area contributed by atoms with Crippen molar-refractivity contribution in [2.75, 3.05) is 46.4 Å². The van der Waals surface area contributed by atoms with Gasteiger partial charge in [-0.15, -0.1) is 0 Å². The number of unbranched alkanes of at least 4 members (excludes halogenated alkanes) is 4. The van der Waals surface area contributed by atoms with E-state index in [2.05, 4.69) is 33.0 Å². The number of rotatable bonds is 23. The highest BCUT2D eigenvalue weighted by Crippen LogP contribution is 2.40. The Morgan fingerprint density at radius 1 is 0.884 bits per heavy atom. The standard InChI is InChI=1S/C49H70N10O10/c1-6-7-8-9-10-11-33-12-15-36(30(2)24-33)45(63)57-49(29-60,18-19-50)28-59(5)42-35-14-17-41(68-23-21-52)38(27-35)37-25-34(13-16-40(37)67-22-20-51)26-39(56-43(61)31(3)55-47(42)65)46(64)54-32(4)44(62)58-69-48(53)66/h12-17,24-25,27,29,31-32,39,42H,6-11,18-23,26,28,50-52H2,1-5H3,(H2,53,66)(H,54,64)(H,55,65)(H,56,61)(H,57,63)(H,58,62)/t31-,32-,39-,42-,49?/m0/s1. The normalized spacial score (nSPS) is 17.2. The Hall–Kier alpha value is -6.61. The second kappa shape index (κ2) is 26.8. The quantitative estimate of drug-likeness (QED) is 0.0372. The number of primary amides is 1. The molecule has 4 bridgehead atoms. The maximum Gasteiger partial charge on any atom is 0.428 e. The van der Waals surface area contributed by atoms with E-state index >= 15 is 0 Å². The van der Waals surface area contributed by atoms with Crippen molar-refractivity contribution < 1.29 is 47.9 Å².